The first kappa shape index (κ1) is 16.2. The molecule has 122 valence electrons. The van der Waals surface area contributed by atoms with Gasteiger partial charge >= 0.3 is 6.03 Å². The molecule has 0 bridgehead atoms. The smallest absolute Gasteiger partial charge is 0.319 e. The van der Waals surface area contributed by atoms with E-state index in [1.54, 1.807) is 48.5 Å². The Morgan fingerprint density at radius 2 is 1.88 bits per heavy atom. The lowest BCUT2D eigenvalue weighted by Gasteiger charge is -2.08. The molecule has 9 heteroatoms. The summed E-state index contributed by atoms with van der Waals surface area (Å²) >= 11 is 11.7. The van der Waals surface area contributed by atoms with Crippen molar-refractivity contribution in [3.05, 3.63) is 64.4 Å². The van der Waals surface area contributed by atoms with Crippen LogP contribution in [0, 0.1) is 0 Å². The van der Waals surface area contributed by atoms with Crippen LogP contribution in [0.1, 0.15) is 5.82 Å². The van der Waals surface area contributed by atoms with Gasteiger partial charge in [0, 0.05) is 15.7 Å². The standard InChI is InChI=1S/C15H12Cl2N6O/c16-10-4-6-13(7-5-10)23-14(20-21-22-23)9-18-15(24)19-12-3-1-2-11(17)8-12/h1-8H,9H2,(H2,18,19,24). The van der Waals surface area contributed by atoms with E-state index in [2.05, 4.69) is 26.2 Å². The average Bonchev–Trinajstić information content (AvgIpc) is 3.02. The molecule has 2 N–H and O–H groups in total. The predicted octanol–water partition coefficient (Wildman–Crippen LogP) is 3.29. The second kappa shape index (κ2) is 7.29. The van der Waals surface area contributed by atoms with Crippen LogP contribution in [0.4, 0.5) is 10.5 Å². The highest BCUT2D eigenvalue weighted by molar-refractivity contribution is 6.31. The van der Waals surface area contributed by atoms with E-state index in [0.717, 1.165) is 5.69 Å². The Hall–Kier alpha value is -2.64. The quantitative estimate of drug-likeness (QED) is 0.745. The lowest BCUT2D eigenvalue weighted by molar-refractivity contribution is 0.251. The van der Waals surface area contributed by atoms with Gasteiger partial charge in [0.2, 0.25) is 0 Å². The number of urea groups is 1. The number of rotatable bonds is 4. The van der Waals surface area contributed by atoms with E-state index < -0.39 is 0 Å². The molecule has 0 saturated carbocycles. The summed E-state index contributed by atoms with van der Waals surface area (Å²) in [6, 6.07) is 13.5. The molecule has 0 aliphatic heterocycles. The molecule has 2 aromatic carbocycles. The Morgan fingerprint density at radius 1 is 1.08 bits per heavy atom. The molecule has 7 nitrogen and oxygen atoms in total. The summed E-state index contributed by atoms with van der Waals surface area (Å²) in [6.45, 7) is 0.155. The number of anilines is 1. The predicted molar refractivity (Wildman–Crippen MR) is 91.5 cm³/mol. The van der Waals surface area contributed by atoms with Crippen LogP contribution in [0.15, 0.2) is 48.5 Å². The normalized spacial score (nSPS) is 10.4. The molecule has 0 atom stereocenters. The van der Waals surface area contributed by atoms with E-state index in [1.165, 1.54) is 4.68 Å². The Kier molecular flexibility index (Phi) is 4.93. The fourth-order valence-corrected chi connectivity index (χ4v) is 2.32. The van der Waals surface area contributed by atoms with Gasteiger partial charge in [-0.05, 0) is 52.9 Å². The molecule has 0 spiro atoms. The second-order valence-electron chi connectivity index (χ2n) is 4.80. The Labute approximate surface area is 147 Å². The lowest BCUT2D eigenvalue weighted by atomic mass is 10.3. The number of benzene rings is 2. The number of amides is 2. The molecule has 0 radical (unpaired) electrons. The zero-order chi connectivity index (χ0) is 16.9. The summed E-state index contributed by atoms with van der Waals surface area (Å²) in [5.74, 6) is 0.485. The van der Waals surface area contributed by atoms with Crippen LogP contribution in [0.2, 0.25) is 10.0 Å². The summed E-state index contributed by atoms with van der Waals surface area (Å²) in [4.78, 5) is 12.0. The minimum absolute atomic E-state index is 0.155. The van der Waals surface area contributed by atoms with Crippen LogP contribution in [0.3, 0.4) is 0 Å². The van der Waals surface area contributed by atoms with Crippen molar-refractivity contribution in [2.24, 2.45) is 0 Å². The molecule has 0 aliphatic rings. The Morgan fingerprint density at radius 3 is 2.62 bits per heavy atom. The van der Waals surface area contributed by atoms with Gasteiger partial charge < -0.3 is 10.6 Å². The van der Waals surface area contributed by atoms with Crippen molar-refractivity contribution in [3.63, 3.8) is 0 Å². The number of carbonyl (C=O) groups is 1. The third-order valence-corrected chi connectivity index (χ3v) is 3.58. The van der Waals surface area contributed by atoms with E-state index in [4.69, 9.17) is 23.2 Å². The molecule has 1 aromatic heterocycles. The number of aromatic nitrogens is 4. The molecule has 0 unspecified atom stereocenters. The molecule has 0 saturated heterocycles. The van der Waals surface area contributed by atoms with Gasteiger partial charge in [-0.15, -0.1) is 5.10 Å². The van der Waals surface area contributed by atoms with Crippen molar-refractivity contribution in [3.8, 4) is 5.69 Å². The molecule has 2 amide bonds. The summed E-state index contributed by atoms with van der Waals surface area (Å²) in [6.07, 6.45) is 0. The van der Waals surface area contributed by atoms with E-state index >= 15 is 0 Å². The molecule has 3 rings (SSSR count). The highest BCUT2D eigenvalue weighted by atomic mass is 35.5. The number of hydrogen-bond donors (Lipinski definition) is 2. The maximum absolute atomic E-state index is 12.0. The lowest BCUT2D eigenvalue weighted by Crippen LogP contribution is -2.29. The van der Waals surface area contributed by atoms with Crippen LogP contribution >= 0.6 is 23.2 Å². The molecule has 0 fully saturated rings. The van der Waals surface area contributed by atoms with Crippen molar-refractivity contribution in [1.82, 2.24) is 25.5 Å². The molecular weight excluding hydrogens is 351 g/mol. The second-order valence-corrected chi connectivity index (χ2v) is 5.67. The number of nitrogens with zero attached hydrogens (tertiary/aromatic N) is 4. The van der Waals surface area contributed by atoms with Crippen LogP contribution < -0.4 is 10.6 Å². The van der Waals surface area contributed by atoms with Crippen LogP contribution in [0.5, 0.6) is 0 Å². The Bertz CT molecular complexity index is 849. The van der Waals surface area contributed by atoms with Gasteiger partial charge in [0.15, 0.2) is 5.82 Å². The molecular formula is C15H12Cl2N6O. The van der Waals surface area contributed by atoms with Crippen LogP contribution in [-0.4, -0.2) is 26.2 Å². The van der Waals surface area contributed by atoms with Gasteiger partial charge in [0.25, 0.3) is 0 Å². The largest absolute Gasteiger partial charge is 0.330 e. The zero-order valence-corrected chi connectivity index (χ0v) is 13.8. The average molecular weight is 363 g/mol. The molecule has 1 heterocycles. The van der Waals surface area contributed by atoms with Gasteiger partial charge in [-0.1, -0.05) is 29.3 Å². The number of tetrazole rings is 1. The van der Waals surface area contributed by atoms with Gasteiger partial charge in [-0.3, -0.25) is 0 Å². The van der Waals surface area contributed by atoms with Crippen molar-refractivity contribution >= 4 is 34.9 Å². The summed E-state index contributed by atoms with van der Waals surface area (Å²) < 4.78 is 1.52. The number of halogens is 2. The van der Waals surface area contributed by atoms with Crippen LogP contribution in [-0.2, 0) is 6.54 Å². The highest BCUT2D eigenvalue weighted by Gasteiger charge is 2.10. The fraction of sp³-hybridized carbons (Fsp3) is 0.0667. The van der Waals surface area contributed by atoms with Gasteiger partial charge in [-0.2, -0.15) is 4.68 Å². The first-order valence-electron chi connectivity index (χ1n) is 6.95. The monoisotopic (exact) mass is 362 g/mol. The summed E-state index contributed by atoms with van der Waals surface area (Å²) in [5, 5.41) is 18.0. The third kappa shape index (κ3) is 4.01. The summed E-state index contributed by atoms with van der Waals surface area (Å²) in [5.41, 5.74) is 1.34. The van der Waals surface area contributed by atoms with Crippen LogP contribution in [0.25, 0.3) is 5.69 Å². The van der Waals surface area contributed by atoms with Gasteiger partial charge in [0.05, 0.1) is 12.2 Å². The van der Waals surface area contributed by atoms with Gasteiger partial charge in [-0.25, -0.2) is 4.79 Å². The third-order valence-electron chi connectivity index (χ3n) is 3.09. The SMILES string of the molecule is O=C(NCc1nnnn1-c1ccc(Cl)cc1)Nc1cccc(Cl)c1. The minimum Gasteiger partial charge on any atom is -0.330 e. The number of carbonyl (C=O) groups excluding carboxylic acids is 1. The van der Waals surface area contributed by atoms with E-state index in [9.17, 15) is 4.79 Å². The number of hydrogen-bond acceptors (Lipinski definition) is 4. The van der Waals surface area contributed by atoms with E-state index in [1.807, 2.05) is 0 Å². The molecule has 0 aliphatic carbocycles. The van der Waals surface area contributed by atoms with Crippen molar-refractivity contribution < 1.29 is 4.79 Å². The zero-order valence-electron chi connectivity index (χ0n) is 12.3. The van der Waals surface area contributed by atoms with Gasteiger partial charge in [0.1, 0.15) is 0 Å². The molecule has 24 heavy (non-hydrogen) atoms. The molecule has 3 aromatic rings. The Balaban J connectivity index is 1.64. The summed E-state index contributed by atoms with van der Waals surface area (Å²) in [7, 11) is 0. The first-order chi connectivity index (χ1) is 11.6. The minimum atomic E-state index is -0.386. The maximum Gasteiger partial charge on any atom is 0.319 e. The fourth-order valence-electron chi connectivity index (χ4n) is 2.00. The van der Waals surface area contributed by atoms with E-state index in [-0.39, 0.29) is 12.6 Å². The highest BCUT2D eigenvalue weighted by Crippen LogP contribution is 2.15. The number of nitrogens with one attached hydrogen (secondary N) is 2. The van der Waals surface area contributed by atoms with Crippen molar-refractivity contribution in [2.75, 3.05) is 5.32 Å². The first-order valence-corrected chi connectivity index (χ1v) is 7.71. The van der Waals surface area contributed by atoms with E-state index in [0.29, 0.717) is 21.6 Å². The van der Waals surface area contributed by atoms with Crippen molar-refractivity contribution in [2.45, 2.75) is 6.54 Å². The van der Waals surface area contributed by atoms with Crippen molar-refractivity contribution in [1.29, 1.82) is 0 Å². The maximum atomic E-state index is 12.0. The topological polar surface area (TPSA) is 84.7 Å².